The van der Waals surface area contributed by atoms with Crippen molar-refractivity contribution in [2.45, 2.75) is 25.7 Å². The van der Waals surface area contributed by atoms with Gasteiger partial charge in [0.2, 0.25) is 0 Å². The fourth-order valence-electron chi connectivity index (χ4n) is 3.09. The number of aryl methyl sites for hydroxylation is 1. The highest BCUT2D eigenvalue weighted by Gasteiger charge is 2.21. The summed E-state index contributed by atoms with van der Waals surface area (Å²) in [6, 6.07) is 6.18. The summed E-state index contributed by atoms with van der Waals surface area (Å²) in [5.41, 5.74) is 5.06. The molecule has 0 spiro atoms. The van der Waals surface area contributed by atoms with E-state index in [0.29, 0.717) is 0 Å². The maximum absolute atomic E-state index is 5.81. The SMILES string of the molecule is Cl.c1cc2c3c(c4c(nc3c1)CCCC4)NCCO2. The van der Waals surface area contributed by atoms with Gasteiger partial charge in [-0.25, -0.2) is 0 Å². The largest absolute Gasteiger partial charge is 0.491 e. The third-order valence-corrected chi connectivity index (χ3v) is 3.91. The second-order valence-corrected chi connectivity index (χ2v) is 5.04. The lowest BCUT2D eigenvalue weighted by atomic mass is 9.92. The summed E-state index contributed by atoms with van der Waals surface area (Å²) in [5.74, 6) is 0.980. The number of nitrogens with zero attached hydrogens (tertiary/aromatic N) is 1. The minimum absolute atomic E-state index is 0. The zero-order valence-electron chi connectivity index (χ0n) is 10.7. The fourth-order valence-corrected chi connectivity index (χ4v) is 3.09. The first-order valence-corrected chi connectivity index (χ1v) is 6.74. The minimum atomic E-state index is 0. The van der Waals surface area contributed by atoms with Gasteiger partial charge in [-0.2, -0.15) is 0 Å². The maximum Gasteiger partial charge on any atom is 0.130 e. The summed E-state index contributed by atoms with van der Waals surface area (Å²) in [6.07, 6.45) is 4.80. The lowest BCUT2D eigenvalue weighted by Crippen LogP contribution is -2.12. The van der Waals surface area contributed by atoms with Crippen LogP contribution in [0.5, 0.6) is 5.75 Å². The molecule has 1 N–H and O–H groups in total. The molecular formula is C15H17ClN2O. The van der Waals surface area contributed by atoms with E-state index in [0.717, 1.165) is 37.3 Å². The Labute approximate surface area is 118 Å². The van der Waals surface area contributed by atoms with Crippen LogP contribution >= 0.6 is 12.4 Å². The molecule has 3 nitrogen and oxygen atoms in total. The Morgan fingerprint density at radius 1 is 1.16 bits per heavy atom. The Kier molecular flexibility index (Phi) is 3.23. The Bertz CT molecular complexity index is 627. The van der Waals surface area contributed by atoms with Crippen molar-refractivity contribution in [2.24, 2.45) is 0 Å². The standard InChI is InChI=1S/C15H16N2O.ClH/c1-2-5-11-10(4-1)15-14-12(17-11)6-3-7-13(14)18-9-8-16-15;/h3,6-7,16H,1-2,4-5,8-9H2;1H. The highest BCUT2D eigenvalue weighted by atomic mass is 35.5. The van der Waals surface area contributed by atoms with E-state index in [9.17, 15) is 0 Å². The van der Waals surface area contributed by atoms with Gasteiger partial charge in [-0.3, -0.25) is 4.98 Å². The molecule has 1 aromatic carbocycles. The van der Waals surface area contributed by atoms with E-state index in [1.54, 1.807) is 0 Å². The number of pyridine rings is 1. The maximum atomic E-state index is 5.81. The normalized spacial score (nSPS) is 16.6. The molecule has 0 fully saturated rings. The van der Waals surface area contributed by atoms with Crippen molar-refractivity contribution in [1.29, 1.82) is 0 Å². The molecule has 100 valence electrons. The van der Waals surface area contributed by atoms with Crippen molar-refractivity contribution in [3.63, 3.8) is 0 Å². The van der Waals surface area contributed by atoms with E-state index >= 15 is 0 Å². The number of nitrogens with one attached hydrogen (secondary N) is 1. The van der Waals surface area contributed by atoms with Crippen molar-refractivity contribution in [3.05, 3.63) is 29.5 Å². The monoisotopic (exact) mass is 276 g/mol. The van der Waals surface area contributed by atoms with Gasteiger partial charge in [0.15, 0.2) is 0 Å². The van der Waals surface area contributed by atoms with Gasteiger partial charge in [0.1, 0.15) is 12.4 Å². The fraction of sp³-hybridized carbons (Fsp3) is 0.400. The van der Waals surface area contributed by atoms with E-state index in [1.165, 1.54) is 35.2 Å². The van der Waals surface area contributed by atoms with Gasteiger partial charge in [-0.05, 0) is 43.4 Å². The third-order valence-electron chi connectivity index (χ3n) is 3.91. The van der Waals surface area contributed by atoms with Gasteiger partial charge in [0.25, 0.3) is 0 Å². The zero-order chi connectivity index (χ0) is 11.9. The van der Waals surface area contributed by atoms with Gasteiger partial charge in [0.05, 0.1) is 16.6 Å². The third kappa shape index (κ3) is 1.93. The molecule has 0 radical (unpaired) electrons. The van der Waals surface area contributed by atoms with Crippen LogP contribution in [0.25, 0.3) is 10.9 Å². The quantitative estimate of drug-likeness (QED) is 0.801. The van der Waals surface area contributed by atoms with E-state index in [4.69, 9.17) is 9.72 Å². The smallest absolute Gasteiger partial charge is 0.130 e. The number of aromatic nitrogens is 1. The van der Waals surface area contributed by atoms with Crippen LogP contribution in [0, 0.1) is 0 Å². The molecule has 0 saturated carbocycles. The predicted octanol–water partition coefficient (Wildman–Crippen LogP) is 3.34. The first-order chi connectivity index (χ1) is 8.93. The summed E-state index contributed by atoms with van der Waals surface area (Å²) in [4.78, 5) is 4.84. The molecule has 1 aliphatic heterocycles. The molecule has 4 rings (SSSR count). The first-order valence-electron chi connectivity index (χ1n) is 6.74. The summed E-state index contributed by atoms with van der Waals surface area (Å²) >= 11 is 0. The zero-order valence-corrected chi connectivity index (χ0v) is 11.6. The van der Waals surface area contributed by atoms with Crippen LogP contribution in [0.3, 0.4) is 0 Å². The molecule has 0 saturated heterocycles. The van der Waals surface area contributed by atoms with Gasteiger partial charge in [0, 0.05) is 12.2 Å². The highest BCUT2D eigenvalue weighted by molar-refractivity contribution is 5.98. The van der Waals surface area contributed by atoms with Crippen LogP contribution in [-0.2, 0) is 12.8 Å². The van der Waals surface area contributed by atoms with Crippen molar-refractivity contribution in [1.82, 2.24) is 4.98 Å². The van der Waals surface area contributed by atoms with E-state index in [2.05, 4.69) is 17.4 Å². The van der Waals surface area contributed by atoms with Gasteiger partial charge >= 0.3 is 0 Å². The van der Waals surface area contributed by atoms with Crippen LogP contribution in [0.1, 0.15) is 24.1 Å². The van der Waals surface area contributed by atoms with E-state index in [1.807, 2.05) is 6.07 Å². The number of rotatable bonds is 0. The molecule has 2 aliphatic rings. The van der Waals surface area contributed by atoms with E-state index < -0.39 is 0 Å². The second kappa shape index (κ2) is 4.89. The van der Waals surface area contributed by atoms with Gasteiger partial charge < -0.3 is 10.1 Å². The minimum Gasteiger partial charge on any atom is -0.491 e. The number of ether oxygens (including phenoxy) is 1. The van der Waals surface area contributed by atoms with Gasteiger partial charge in [-0.15, -0.1) is 12.4 Å². The van der Waals surface area contributed by atoms with Crippen molar-refractivity contribution >= 4 is 29.0 Å². The number of halogens is 1. The molecule has 2 aromatic rings. The average molecular weight is 277 g/mol. The molecule has 0 bridgehead atoms. The molecule has 1 aliphatic carbocycles. The lowest BCUT2D eigenvalue weighted by molar-refractivity contribution is 0.339. The number of fused-ring (bicyclic) bond motifs is 2. The topological polar surface area (TPSA) is 34.2 Å². The summed E-state index contributed by atoms with van der Waals surface area (Å²) in [6.45, 7) is 1.60. The number of anilines is 1. The van der Waals surface area contributed by atoms with Crippen molar-refractivity contribution < 1.29 is 4.74 Å². The van der Waals surface area contributed by atoms with Crippen LogP contribution in [-0.4, -0.2) is 18.1 Å². The Morgan fingerprint density at radius 3 is 3.00 bits per heavy atom. The van der Waals surface area contributed by atoms with Crippen molar-refractivity contribution in [3.8, 4) is 5.75 Å². The molecule has 0 amide bonds. The Morgan fingerprint density at radius 2 is 2.05 bits per heavy atom. The average Bonchev–Trinajstić information content (AvgIpc) is 2.63. The molecule has 1 aromatic heterocycles. The molecule has 19 heavy (non-hydrogen) atoms. The Hall–Kier alpha value is -1.48. The van der Waals surface area contributed by atoms with Crippen LogP contribution in [0.4, 0.5) is 5.69 Å². The first kappa shape index (κ1) is 12.5. The highest BCUT2D eigenvalue weighted by Crippen LogP contribution is 2.38. The lowest BCUT2D eigenvalue weighted by Gasteiger charge is -2.20. The van der Waals surface area contributed by atoms with Gasteiger partial charge in [-0.1, -0.05) is 6.07 Å². The van der Waals surface area contributed by atoms with Crippen molar-refractivity contribution in [2.75, 3.05) is 18.5 Å². The number of hydrogen-bond acceptors (Lipinski definition) is 3. The molecule has 0 atom stereocenters. The Balaban J connectivity index is 0.00000110. The van der Waals surface area contributed by atoms with Crippen LogP contribution < -0.4 is 10.1 Å². The summed E-state index contributed by atoms with van der Waals surface area (Å²) in [5, 5.41) is 4.73. The van der Waals surface area contributed by atoms with Crippen LogP contribution in [0.15, 0.2) is 18.2 Å². The second-order valence-electron chi connectivity index (χ2n) is 5.04. The summed E-state index contributed by atoms with van der Waals surface area (Å²) < 4.78 is 5.81. The molecule has 4 heteroatoms. The predicted molar refractivity (Wildman–Crippen MR) is 79.6 cm³/mol. The molecule has 0 unspecified atom stereocenters. The molecule has 2 heterocycles. The number of hydrogen-bond donors (Lipinski definition) is 1. The van der Waals surface area contributed by atoms with E-state index in [-0.39, 0.29) is 12.4 Å². The number of benzene rings is 1. The summed E-state index contributed by atoms with van der Waals surface area (Å²) in [7, 11) is 0. The molecular weight excluding hydrogens is 260 g/mol. The van der Waals surface area contributed by atoms with Crippen LogP contribution in [0.2, 0.25) is 0 Å².